The largest absolute Gasteiger partial charge is 0.395 e. The molecule has 0 aromatic heterocycles. The number of aliphatic hydroxyl groups is 1. The van der Waals surface area contributed by atoms with Gasteiger partial charge in [-0.15, -0.1) is 0 Å². The van der Waals surface area contributed by atoms with E-state index < -0.39 is 20.7 Å². The van der Waals surface area contributed by atoms with Crippen LogP contribution in [-0.4, -0.2) is 44.1 Å². The summed E-state index contributed by atoms with van der Waals surface area (Å²) in [5, 5.41) is 8.86. The minimum atomic E-state index is -3.96. The fraction of sp³-hybridized carbons (Fsp3) is 0.385. The van der Waals surface area contributed by atoms with Crippen LogP contribution in [0.5, 0.6) is 0 Å². The summed E-state index contributed by atoms with van der Waals surface area (Å²) in [6.45, 7) is 1.51. The monoisotopic (exact) mass is 300 g/mol. The van der Waals surface area contributed by atoms with Gasteiger partial charge >= 0.3 is 0 Å². The second-order valence-electron chi connectivity index (χ2n) is 3.87. The first-order valence-corrected chi connectivity index (χ1v) is 7.50. The van der Waals surface area contributed by atoms with Crippen LogP contribution in [0.1, 0.15) is 12.5 Å². The summed E-state index contributed by atoms with van der Waals surface area (Å²) in [7, 11) is -3.96. The van der Waals surface area contributed by atoms with E-state index in [0.29, 0.717) is 5.56 Å². The Morgan fingerprint density at radius 2 is 2.15 bits per heavy atom. The average molecular weight is 300 g/mol. The van der Waals surface area contributed by atoms with Crippen LogP contribution < -0.4 is 5.73 Å². The molecule has 0 aliphatic rings. The molecule has 110 valence electrons. The summed E-state index contributed by atoms with van der Waals surface area (Å²) in [4.78, 5) is -0.425. The lowest BCUT2D eigenvalue weighted by Crippen LogP contribution is -2.33. The molecule has 0 aliphatic heterocycles. The average Bonchev–Trinajstić information content (AvgIpc) is 2.42. The Bertz CT molecular complexity index is 620. The van der Waals surface area contributed by atoms with Crippen LogP contribution in [0.15, 0.2) is 23.1 Å². The van der Waals surface area contributed by atoms with Crippen molar-refractivity contribution >= 4 is 10.0 Å². The number of likely N-dealkylation sites (N-methyl/N-ethyl adjacent to an activating group) is 1. The van der Waals surface area contributed by atoms with E-state index >= 15 is 0 Å². The highest BCUT2D eigenvalue weighted by molar-refractivity contribution is 7.89. The van der Waals surface area contributed by atoms with Crippen molar-refractivity contribution in [1.82, 2.24) is 4.31 Å². The van der Waals surface area contributed by atoms with Crippen molar-refractivity contribution in [2.45, 2.75) is 11.8 Å². The van der Waals surface area contributed by atoms with Crippen LogP contribution in [-0.2, 0) is 10.0 Å². The molecule has 1 rings (SSSR count). The molecule has 3 N–H and O–H groups in total. The number of nitrogens with zero attached hydrogens (tertiary/aromatic N) is 1. The molecule has 0 heterocycles. The van der Waals surface area contributed by atoms with E-state index in [4.69, 9.17) is 10.8 Å². The summed E-state index contributed by atoms with van der Waals surface area (Å²) in [6, 6.07) is 3.65. The second kappa shape index (κ2) is 7.36. The number of hydrogen-bond donors (Lipinski definition) is 2. The van der Waals surface area contributed by atoms with Crippen LogP contribution in [0, 0.1) is 17.7 Å². The van der Waals surface area contributed by atoms with Gasteiger partial charge in [0.2, 0.25) is 10.0 Å². The molecule has 0 unspecified atom stereocenters. The standard InChI is InChI=1S/C13H17FN2O3S/c1-2-16(8-9-17)20(18,19)13-6-5-11(4-3-7-15)10-12(13)14/h5-6,10,17H,2,7-9,15H2,1H3. The lowest BCUT2D eigenvalue weighted by Gasteiger charge is -2.19. The molecule has 1 aromatic carbocycles. The van der Waals surface area contributed by atoms with Gasteiger partial charge in [-0.25, -0.2) is 12.8 Å². The van der Waals surface area contributed by atoms with E-state index in [0.717, 1.165) is 10.4 Å². The maximum atomic E-state index is 13.9. The van der Waals surface area contributed by atoms with Crippen molar-refractivity contribution in [2.75, 3.05) is 26.2 Å². The van der Waals surface area contributed by atoms with Crippen LogP contribution in [0.4, 0.5) is 4.39 Å². The van der Waals surface area contributed by atoms with E-state index in [1.165, 1.54) is 12.1 Å². The van der Waals surface area contributed by atoms with Crippen LogP contribution in [0.2, 0.25) is 0 Å². The minimum absolute atomic E-state index is 0.0764. The van der Waals surface area contributed by atoms with E-state index in [2.05, 4.69) is 11.8 Å². The Hall–Kier alpha value is -1.46. The molecule has 0 spiro atoms. The summed E-state index contributed by atoms with van der Waals surface area (Å²) in [5.41, 5.74) is 5.57. The van der Waals surface area contributed by atoms with Gasteiger partial charge in [0.05, 0.1) is 13.2 Å². The van der Waals surface area contributed by atoms with Gasteiger partial charge < -0.3 is 10.8 Å². The first-order valence-electron chi connectivity index (χ1n) is 6.06. The Morgan fingerprint density at radius 3 is 2.65 bits per heavy atom. The van der Waals surface area contributed by atoms with E-state index in [1.807, 2.05) is 0 Å². The van der Waals surface area contributed by atoms with E-state index in [9.17, 15) is 12.8 Å². The van der Waals surface area contributed by atoms with Crippen molar-refractivity contribution in [3.8, 4) is 11.8 Å². The Labute approximate surface area is 118 Å². The van der Waals surface area contributed by atoms with Gasteiger partial charge in [-0.2, -0.15) is 4.31 Å². The smallest absolute Gasteiger partial charge is 0.246 e. The summed E-state index contributed by atoms with van der Waals surface area (Å²) in [5.74, 6) is 4.32. The number of aliphatic hydroxyl groups excluding tert-OH is 1. The fourth-order valence-corrected chi connectivity index (χ4v) is 3.13. The van der Waals surface area contributed by atoms with Crippen molar-refractivity contribution < 1.29 is 17.9 Å². The van der Waals surface area contributed by atoms with Gasteiger partial charge in [0.25, 0.3) is 0 Å². The van der Waals surface area contributed by atoms with E-state index in [-0.39, 0.29) is 26.2 Å². The third kappa shape index (κ3) is 3.77. The van der Waals surface area contributed by atoms with Gasteiger partial charge in [0.1, 0.15) is 10.7 Å². The molecule has 0 bridgehead atoms. The molecular formula is C13H17FN2O3S. The topological polar surface area (TPSA) is 83.6 Å². The molecule has 0 atom stereocenters. The third-order valence-corrected chi connectivity index (χ3v) is 4.59. The Kier molecular flexibility index (Phi) is 6.10. The number of halogens is 1. The molecule has 0 saturated heterocycles. The normalized spacial score (nSPS) is 11.2. The highest BCUT2D eigenvalue weighted by atomic mass is 32.2. The quantitative estimate of drug-likeness (QED) is 0.758. The maximum Gasteiger partial charge on any atom is 0.246 e. The highest BCUT2D eigenvalue weighted by Gasteiger charge is 2.25. The molecule has 0 amide bonds. The molecular weight excluding hydrogens is 283 g/mol. The minimum Gasteiger partial charge on any atom is -0.395 e. The van der Waals surface area contributed by atoms with Crippen molar-refractivity contribution in [3.05, 3.63) is 29.6 Å². The zero-order valence-electron chi connectivity index (χ0n) is 11.1. The number of nitrogens with two attached hydrogens (primary N) is 1. The van der Waals surface area contributed by atoms with Gasteiger partial charge in [-0.3, -0.25) is 0 Å². The zero-order valence-corrected chi connectivity index (χ0v) is 12.0. The van der Waals surface area contributed by atoms with Crippen molar-refractivity contribution in [1.29, 1.82) is 0 Å². The number of benzene rings is 1. The first kappa shape index (κ1) is 16.6. The number of rotatable bonds is 5. The SMILES string of the molecule is CCN(CCO)S(=O)(=O)c1ccc(C#CCN)cc1F. The van der Waals surface area contributed by atoms with Crippen molar-refractivity contribution in [2.24, 2.45) is 5.73 Å². The predicted molar refractivity (Wildman–Crippen MR) is 73.9 cm³/mol. The van der Waals surface area contributed by atoms with Gasteiger partial charge in [-0.1, -0.05) is 18.8 Å². The van der Waals surface area contributed by atoms with Gasteiger partial charge in [0, 0.05) is 18.7 Å². The number of sulfonamides is 1. The van der Waals surface area contributed by atoms with Crippen LogP contribution in [0.25, 0.3) is 0 Å². The molecule has 7 heteroatoms. The fourth-order valence-electron chi connectivity index (χ4n) is 1.64. The molecule has 0 radical (unpaired) electrons. The Balaban J connectivity index is 3.19. The summed E-state index contributed by atoms with van der Waals surface area (Å²) >= 11 is 0. The van der Waals surface area contributed by atoms with E-state index in [1.54, 1.807) is 6.92 Å². The zero-order chi connectivity index (χ0) is 15.2. The highest BCUT2D eigenvalue weighted by Crippen LogP contribution is 2.20. The summed E-state index contributed by atoms with van der Waals surface area (Å²) < 4.78 is 39.4. The molecule has 5 nitrogen and oxygen atoms in total. The van der Waals surface area contributed by atoms with Crippen LogP contribution in [0.3, 0.4) is 0 Å². The molecule has 0 saturated carbocycles. The Morgan fingerprint density at radius 1 is 1.45 bits per heavy atom. The van der Waals surface area contributed by atoms with Crippen LogP contribution >= 0.6 is 0 Å². The summed E-state index contributed by atoms with van der Waals surface area (Å²) in [6.07, 6.45) is 0. The van der Waals surface area contributed by atoms with Crippen molar-refractivity contribution in [3.63, 3.8) is 0 Å². The lowest BCUT2D eigenvalue weighted by molar-refractivity contribution is 0.256. The van der Waals surface area contributed by atoms with Gasteiger partial charge in [-0.05, 0) is 18.2 Å². The first-order chi connectivity index (χ1) is 9.47. The molecule has 1 aromatic rings. The molecule has 0 fully saturated rings. The third-order valence-electron chi connectivity index (χ3n) is 2.59. The van der Waals surface area contributed by atoms with Gasteiger partial charge in [0.15, 0.2) is 0 Å². The molecule has 0 aliphatic carbocycles. The molecule has 20 heavy (non-hydrogen) atoms. The lowest BCUT2D eigenvalue weighted by atomic mass is 10.2. The maximum absolute atomic E-state index is 13.9. The second-order valence-corrected chi connectivity index (χ2v) is 5.78. The number of hydrogen-bond acceptors (Lipinski definition) is 4. The predicted octanol–water partition coefficient (Wildman–Crippen LogP) is 0.139.